The Labute approximate surface area is 182 Å². The highest BCUT2D eigenvalue weighted by Gasteiger charge is 2.30. The summed E-state index contributed by atoms with van der Waals surface area (Å²) in [6, 6.07) is 18.0. The van der Waals surface area contributed by atoms with Crippen molar-refractivity contribution in [2.24, 2.45) is 0 Å². The topological polar surface area (TPSA) is 75.6 Å². The van der Waals surface area contributed by atoms with Gasteiger partial charge in [-0.05, 0) is 47.4 Å². The number of halogens is 3. The van der Waals surface area contributed by atoms with Gasteiger partial charge in [0.15, 0.2) is 0 Å². The lowest BCUT2D eigenvalue weighted by molar-refractivity contribution is -0.137. The van der Waals surface area contributed by atoms with Gasteiger partial charge in [0.1, 0.15) is 6.10 Å². The molecule has 0 saturated carbocycles. The van der Waals surface area contributed by atoms with E-state index in [1.165, 1.54) is 18.2 Å². The van der Waals surface area contributed by atoms with E-state index in [0.717, 1.165) is 12.1 Å². The van der Waals surface area contributed by atoms with Crippen LogP contribution in [0.15, 0.2) is 72.8 Å². The zero-order valence-electron chi connectivity index (χ0n) is 17.0. The lowest BCUT2D eigenvalue weighted by atomic mass is 9.95. The standard InChI is InChI=1S/C24H20F3NO4/c1-15(16-10-12-18(13-11-16)24(25,26)27)32-23(31)28-14-17-6-2-3-7-19(17)20-8-4-5-9-21(20)22(29)30/h2-13,15H,14H2,1H3,(H,28,31)(H,29,30)/t15-/m0/s1. The maximum absolute atomic E-state index is 12.7. The van der Waals surface area contributed by atoms with E-state index in [9.17, 15) is 27.9 Å². The Morgan fingerprint density at radius 3 is 2.16 bits per heavy atom. The minimum absolute atomic E-state index is 0.0721. The Hall–Kier alpha value is -3.81. The van der Waals surface area contributed by atoms with Crippen molar-refractivity contribution in [3.8, 4) is 11.1 Å². The first-order chi connectivity index (χ1) is 15.2. The SMILES string of the molecule is C[C@H](OC(=O)NCc1ccccc1-c1ccccc1C(=O)O)c1ccc(C(F)(F)F)cc1. The molecule has 0 aliphatic rings. The number of amides is 1. The average molecular weight is 443 g/mol. The maximum Gasteiger partial charge on any atom is 0.416 e. The molecule has 0 unspecified atom stereocenters. The molecule has 0 spiro atoms. The number of carboxylic acid groups (broad SMARTS) is 1. The van der Waals surface area contributed by atoms with Crippen LogP contribution in [0.3, 0.4) is 0 Å². The molecular weight excluding hydrogens is 423 g/mol. The summed E-state index contributed by atoms with van der Waals surface area (Å²) in [6.07, 6.45) is -5.95. The van der Waals surface area contributed by atoms with Crippen LogP contribution in [-0.4, -0.2) is 17.2 Å². The number of hydrogen-bond donors (Lipinski definition) is 2. The van der Waals surface area contributed by atoms with E-state index in [0.29, 0.717) is 22.3 Å². The molecule has 0 saturated heterocycles. The van der Waals surface area contributed by atoms with Crippen LogP contribution in [0, 0.1) is 0 Å². The lowest BCUT2D eigenvalue weighted by Crippen LogP contribution is -2.25. The molecular formula is C24H20F3NO4. The minimum Gasteiger partial charge on any atom is -0.478 e. The van der Waals surface area contributed by atoms with Crippen molar-refractivity contribution < 1.29 is 32.6 Å². The molecule has 0 aliphatic carbocycles. The molecule has 0 bridgehead atoms. The number of rotatable bonds is 6. The number of alkyl halides is 3. The predicted octanol–water partition coefficient (Wildman–Crippen LogP) is 6.06. The van der Waals surface area contributed by atoms with Crippen LogP contribution < -0.4 is 5.32 Å². The normalized spacial score (nSPS) is 12.1. The van der Waals surface area contributed by atoms with Crippen molar-refractivity contribution >= 4 is 12.1 Å². The van der Waals surface area contributed by atoms with Crippen LogP contribution in [0.2, 0.25) is 0 Å². The highest BCUT2D eigenvalue weighted by molar-refractivity contribution is 5.96. The van der Waals surface area contributed by atoms with Gasteiger partial charge in [-0.25, -0.2) is 9.59 Å². The van der Waals surface area contributed by atoms with Gasteiger partial charge in [-0.15, -0.1) is 0 Å². The summed E-state index contributed by atoms with van der Waals surface area (Å²) in [4.78, 5) is 23.8. The molecule has 166 valence electrons. The van der Waals surface area contributed by atoms with E-state index >= 15 is 0 Å². The van der Waals surface area contributed by atoms with Crippen molar-refractivity contribution in [1.82, 2.24) is 5.32 Å². The molecule has 3 rings (SSSR count). The van der Waals surface area contributed by atoms with E-state index in [1.807, 2.05) is 0 Å². The molecule has 1 atom stereocenters. The second kappa shape index (κ2) is 9.55. The third-order valence-electron chi connectivity index (χ3n) is 4.88. The van der Waals surface area contributed by atoms with Crippen LogP contribution in [-0.2, 0) is 17.5 Å². The molecule has 8 heteroatoms. The fraction of sp³-hybridized carbons (Fsp3) is 0.167. The first kappa shape index (κ1) is 22.9. The van der Waals surface area contributed by atoms with Gasteiger partial charge in [-0.2, -0.15) is 13.2 Å². The summed E-state index contributed by atoms with van der Waals surface area (Å²) in [5.74, 6) is -1.06. The lowest BCUT2D eigenvalue weighted by Gasteiger charge is -2.16. The highest BCUT2D eigenvalue weighted by atomic mass is 19.4. The number of aromatic carboxylic acids is 1. The number of nitrogens with one attached hydrogen (secondary N) is 1. The van der Waals surface area contributed by atoms with Crippen molar-refractivity contribution in [3.63, 3.8) is 0 Å². The Bertz CT molecular complexity index is 1110. The summed E-state index contributed by atoms with van der Waals surface area (Å²) < 4.78 is 43.3. The summed E-state index contributed by atoms with van der Waals surface area (Å²) >= 11 is 0. The minimum atomic E-state index is -4.44. The van der Waals surface area contributed by atoms with E-state index < -0.39 is 29.9 Å². The van der Waals surface area contributed by atoms with Crippen molar-refractivity contribution in [3.05, 3.63) is 95.1 Å². The average Bonchev–Trinajstić information content (AvgIpc) is 2.77. The second-order valence-electron chi connectivity index (χ2n) is 7.03. The highest BCUT2D eigenvalue weighted by Crippen LogP contribution is 2.30. The monoisotopic (exact) mass is 443 g/mol. The van der Waals surface area contributed by atoms with Crippen molar-refractivity contribution in [1.29, 1.82) is 0 Å². The van der Waals surface area contributed by atoms with Gasteiger partial charge in [0.25, 0.3) is 0 Å². The first-order valence-corrected chi connectivity index (χ1v) is 9.69. The molecule has 3 aromatic rings. The molecule has 0 heterocycles. The van der Waals surface area contributed by atoms with Crippen LogP contribution in [0.4, 0.5) is 18.0 Å². The molecule has 5 nitrogen and oxygen atoms in total. The fourth-order valence-corrected chi connectivity index (χ4v) is 3.22. The van der Waals surface area contributed by atoms with Gasteiger partial charge >= 0.3 is 18.2 Å². The maximum atomic E-state index is 12.7. The van der Waals surface area contributed by atoms with Gasteiger partial charge in [-0.1, -0.05) is 54.6 Å². The van der Waals surface area contributed by atoms with Gasteiger partial charge in [0, 0.05) is 6.54 Å². The Morgan fingerprint density at radius 1 is 0.938 bits per heavy atom. The number of benzene rings is 3. The molecule has 1 amide bonds. The van der Waals surface area contributed by atoms with Gasteiger partial charge in [-0.3, -0.25) is 0 Å². The summed E-state index contributed by atoms with van der Waals surface area (Å²) in [5.41, 5.74) is 1.63. The fourth-order valence-electron chi connectivity index (χ4n) is 3.22. The van der Waals surface area contributed by atoms with E-state index in [1.54, 1.807) is 49.4 Å². The number of carbonyl (C=O) groups excluding carboxylic acids is 1. The molecule has 2 N–H and O–H groups in total. The summed E-state index contributed by atoms with van der Waals surface area (Å²) in [5, 5.41) is 12.1. The third-order valence-corrected chi connectivity index (χ3v) is 4.88. The van der Waals surface area contributed by atoms with Crippen LogP contribution >= 0.6 is 0 Å². The molecule has 0 aromatic heterocycles. The van der Waals surface area contributed by atoms with Crippen molar-refractivity contribution in [2.75, 3.05) is 0 Å². The number of ether oxygens (including phenoxy) is 1. The first-order valence-electron chi connectivity index (χ1n) is 9.69. The van der Waals surface area contributed by atoms with Crippen LogP contribution in [0.5, 0.6) is 0 Å². The van der Waals surface area contributed by atoms with Crippen LogP contribution in [0.25, 0.3) is 11.1 Å². The quantitative estimate of drug-likeness (QED) is 0.486. The Kier molecular flexibility index (Phi) is 6.82. The molecule has 0 radical (unpaired) electrons. The van der Waals surface area contributed by atoms with Crippen molar-refractivity contribution in [2.45, 2.75) is 25.7 Å². The Balaban J connectivity index is 1.68. The number of hydrogen-bond acceptors (Lipinski definition) is 3. The zero-order valence-corrected chi connectivity index (χ0v) is 17.0. The molecule has 0 aliphatic heterocycles. The third kappa shape index (κ3) is 5.46. The van der Waals surface area contributed by atoms with Crippen LogP contribution in [0.1, 0.15) is 40.1 Å². The Morgan fingerprint density at radius 2 is 1.53 bits per heavy atom. The molecule has 32 heavy (non-hydrogen) atoms. The summed E-state index contributed by atoms with van der Waals surface area (Å²) in [7, 11) is 0. The zero-order chi connectivity index (χ0) is 23.3. The summed E-state index contributed by atoms with van der Waals surface area (Å²) in [6.45, 7) is 1.63. The van der Waals surface area contributed by atoms with E-state index in [-0.39, 0.29) is 12.1 Å². The van der Waals surface area contributed by atoms with Gasteiger partial charge < -0.3 is 15.2 Å². The predicted molar refractivity (Wildman–Crippen MR) is 112 cm³/mol. The van der Waals surface area contributed by atoms with E-state index in [2.05, 4.69) is 5.32 Å². The second-order valence-corrected chi connectivity index (χ2v) is 7.03. The largest absolute Gasteiger partial charge is 0.478 e. The molecule has 3 aromatic carbocycles. The molecule has 0 fully saturated rings. The van der Waals surface area contributed by atoms with Gasteiger partial charge in [0.2, 0.25) is 0 Å². The smallest absolute Gasteiger partial charge is 0.416 e. The number of carbonyl (C=O) groups is 2. The number of alkyl carbamates (subject to hydrolysis) is 1. The van der Waals surface area contributed by atoms with Gasteiger partial charge in [0.05, 0.1) is 11.1 Å². The van der Waals surface area contributed by atoms with E-state index in [4.69, 9.17) is 4.74 Å². The number of carboxylic acids is 1.